The lowest BCUT2D eigenvalue weighted by Gasteiger charge is -2.41. The summed E-state index contributed by atoms with van der Waals surface area (Å²) in [7, 11) is 1.92. The lowest BCUT2D eigenvalue weighted by molar-refractivity contribution is -0.134. The smallest absolute Gasteiger partial charge is 0.355 e. The third kappa shape index (κ3) is 9.89. The molecule has 4 aliphatic rings. The maximum absolute atomic E-state index is 13.7. The summed E-state index contributed by atoms with van der Waals surface area (Å²) >= 11 is 1.44. The Morgan fingerprint density at radius 1 is 0.890 bits per heavy atom. The van der Waals surface area contributed by atoms with Crippen LogP contribution in [0.5, 0.6) is 5.75 Å². The van der Waals surface area contributed by atoms with Crippen molar-refractivity contribution >= 4 is 72.8 Å². The number of imide groups is 1. The van der Waals surface area contributed by atoms with Crippen LogP contribution in [-0.4, -0.2) is 98.3 Å². The fourth-order valence-electron chi connectivity index (χ4n) is 11.7. The Hall–Kier alpha value is -7.17. The van der Waals surface area contributed by atoms with E-state index in [0.29, 0.717) is 66.4 Å². The number of nitrogens with zero attached hydrogens (tertiary/aromatic N) is 7. The number of carboxylic acid groups (broad SMARTS) is 1. The monoisotopic (exact) mass is 999 g/mol. The number of pyridine rings is 1. The Kier molecular flexibility index (Phi) is 13.4. The quantitative estimate of drug-likeness (QED) is 0.0935. The van der Waals surface area contributed by atoms with Crippen molar-refractivity contribution in [2.45, 2.75) is 96.2 Å². The normalized spacial score (nSPS) is 20.5. The second kappa shape index (κ2) is 20.4. The van der Waals surface area contributed by atoms with Gasteiger partial charge in [0.1, 0.15) is 11.6 Å². The predicted molar refractivity (Wildman–Crippen MR) is 285 cm³/mol. The zero-order valence-corrected chi connectivity index (χ0v) is 42.4. The molecule has 3 N–H and O–H groups in total. The predicted octanol–water partition coefficient (Wildman–Crippen LogP) is 9.52. The van der Waals surface area contributed by atoms with Gasteiger partial charge in [-0.25, -0.2) is 14.8 Å². The topological polar surface area (TPSA) is 175 Å². The molecule has 3 amide bonds. The lowest BCUT2D eigenvalue weighted by Crippen LogP contribution is -2.52. The van der Waals surface area contributed by atoms with E-state index in [1.165, 1.54) is 24.2 Å². The number of amides is 3. The molecule has 16 heteroatoms. The summed E-state index contributed by atoms with van der Waals surface area (Å²) in [4.78, 5) is 67.5. The minimum atomic E-state index is -1.10. The molecule has 0 spiro atoms. The Labute approximate surface area is 428 Å². The third-order valence-corrected chi connectivity index (χ3v) is 16.6. The molecule has 3 fully saturated rings. The number of benzene rings is 4. The number of nitrogens with one attached hydrogen (secondary N) is 2. The summed E-state index contributed by atoms with van der Waals surface area (Å²) < 4.78 is 9.56. The van der Waals surface area contributed by atoms with E-state index in [-0.39, 0.29) is 29.5 Å². The number of fused-ring (bicyclic) bond motifs is 3. The molecule has 4 aromatic carbocycles. The summed E-state index contributed by atoms with van der Waals surface area (Å²) in [5.41, 5.74) is 8.49. The van der Waals surface area contributed by atoms with E-state index in [1.807, 2.05) is 96.3 Å². The number of thiazole rings is 1. The molecule has 0 radical (unpaired) electrons. The van der Waals surface area contributed by atoms with Crippen molar-refractivity contribution in [1.29, 1.82) is 0 Å². The molecule has 73 heavy (non-hydrogen) atoms. The van der Waals surface area contributed by atoms with Gasteiger partial charge in [0, 0.05) is 74.4 Å². The number of aromatic nitrogens is 4. The van der Waals surface area contributed by atoms with Crippen LogP contribution in [0.2, 0.25) is 0 Å². The van der Waals surface area contributed by atoms with Gasteiger partial charge in [0.2, 0.25) is 11.8 Å². The summed E-state index contributed by atoms with van der Waals surface area (Å²) in [6.07, 6.45) is 8.20. The summed E-state index contributed by atoms with van der Waals surface area (Å²) in [5.74, 6) is -0.229. The van der Waals surface area contributed by atoms with Crippen LogP contribution in [-0.2, 0) is 29.6 Å². The number of anilines is 3. The van der Waals surface area contributed by atoms with Gasteiger partial charge in [0.25, 0.3) is 5.91 Å². The fourth-order valence-corrected chi connectivity index (χ4v) is 12.6. The fraction of sp³-hybridized carbons (Fsp3) is 0.386. The Bertz CT molecular complexity index is 3240. The van der Waals surface area contributed by atoms with E-state index >= 15 is 0 Å². The highest BCUT2D eigenvalue weighted by Gasteiger charge is 2.33. The van der Waals surface area contributed by atoms with Gasteiger partial charge in [-0.2, -0.15) is 5.10 Å². The van der Waals surface area contributed by atoms with Crippen molar-refractivity contribution in [3.8, 4) is 16.9 Å². The van der Waals surface area contributed by atoms with Crippen molar-refractivity contribution in [3.63, 3.8) is 0 Å². The number of aryl methyl sites for hydroxylation is 1. The second-order valence-corrected chi connectivity index (χ2v) is 21.3. The summed E-state index contributed by atoms with van der Waals surface area (Å²) in [5, 5.41) is 22.3. The van der Waals surface area contributed by atoms with Gasteiger partial charge in [0.15, 0.2) is 10.8 Å². The number of carbonyl (C=O) groups excluding carboxylic acids is 3. The van der Waals surface area contributed by atoms with Crippen LogP contribution in [0.25, 0.3) is 32.2 Å². The van der Waals surface area contributed by atoms with Crippen LogP contribution in [0.1, 0.15) is 107 Å². The number of piperidine rings is 1. The molecule has 1 saturated carbocycles. The van der Waals surface area contributed by atoms with E-state index in [0.717, 1.165) is 112 Å². The SMILES string of the molecule is Cc1c(OC2CCC(CCCN3CCN(c4ccc5c(C6CCC(=O)NC6=O)nn(C)c5c4)[C@H](C)C3)CC2)cccc1-c1ccc(N2CCc3cccc(C(=O)Nc4nc5ccccc5s4)c3C2)nc1C(=O)O. The van der Waals surface area contributed by atoms with Crippen LogP contribution in [0, 0.1) is 12.8 Å². The van der Waals surface area contributed by atoms with Crippen LogP contribution in [0.3, 0.4) is 0 Å². The summed E-state index contributed by atoms with van der Waals surface area (Å²) in [6, 6.07) is 30.0. The van der Waals surface area contributed by atoms with Crippen molar-refractivity contribution in [2.24, 2.45) is 13.0 Å². The second-order valence-electron chi connectivity index (χ2n) is 20.3. The zero-order valence-electron chi connectivity index (χ0n) is 41.6. The number of rotatable bonds is 13. The number of carboxylic acids is 1. The van der Waals surface area contributed by atoms with Crippen molar-refractivity contribution in [1.82, 2.24) is 30.0 Å². The molecule has 15 nitrogen and oxygen atoms in total. The zero-order chi connectivity index (χ0) is 50.3. The van der Waals surface area contributed by atoms with Crippen molar-refractivity contribution in [2.75, 3.05) is 47.8 Å². The third-order valence-electron chi connectivity index (χ3n) is 15.7. The Morgan fingerprint density at radius 2 is 1.73 bits per heavy atom. The van der Waals surface area contributed by atoms with E-state index in [4.69, 9.17) is 14.8 Å². The number of ether oxygens (including phenoxy) is 1. The molecular formula is C57H61N9O6S. The average molecular weight is 1000 g/mol. The largest absolute Gasteiger partial charge is 0.490 e. The van der Waals surface area contributed by atoms with Crippen molar-refractivity contribution in [3.05, 3.63) is 125 Å². The molecule has 376 valence electrons. The van der Waals surface area contributed by atoms with Gasteiger partial charge in [0.05, 0.1) is 33.4 Å². The molecule has 7 aromatic rings. The molecule has 3 aromatic heterocycles. The summed E-state index contributed by atoms with van der Waals surface area (Å²) in [6.45, 7) is 9.38. The highest BCUT2D eigenvalue weighted by atomic mass is 32.1. The number of hydrogen-bond donors (Lipinski definition) is 3. The van der Waals surface area contributed by atoms with Crippen LogP contribution in [0.4, 0.5) is 16.6 Å². The number of hydrogen-bond acceptors (Lipinski definition) is 12. The number of para-hydroxylation sites is 1. The van der Waals surface area contributed by atoms with Gasteiger partial charge in [-0.1, -0.05) is 47.7 Å². The van der Waals surface area contributed by atoms with E-state index in [2.05, 4.69) is 50.5 Å². The Morgan fingerprint density at radius 3 is 2.53 bits per heavy atom. The molecule has 2 atom stereocenters. The maximum atomic E-state index is 13.7. The van der Waals surface area contributed by atoms with Gasteiger partial charge in [-0.3, -0.25) is 34.6 Å². The number of carbonyl (C=O) groups is 4. The first-order valence-electron chi connectivity index (χ1n) is 25.8. The first-order chi connectivity index (χ1) is 35.4. The number of piperazine rings is 1. The molecule has 2 saturated heterocycles. The molecule has 1 unspecified atom stereocenters. The van der Waals surface area contributed by atoms with Crippen LogP contribution < -0.4 is 25.2 Å². The highest BCUT2D eigenvalue weighted by molar-refractivity contribution is 7.22. The molecule has 11 rings (SSSR count). The molecular weight excluding hydrogens is 939 g/mol. The van der Waals surface area contributed by atoms with Crippen molar-refractivity contribution < 1.29 is 29.0 Å². The van der Waals surface area contributed by atoms with Gasteiger partial charge < -0.3 is 19.6 Å². The van der Waals surface area contributed by atoms with E-state index in [9.17, 15) is 24.3 Å². The molecule has 0 bridgehead atoms. The van der Waals surface area contributed by atoms with Gasteiger partial charge >= 0.3 is 5.97 Å². The minimum absolute atomic E-state index is 0.0200. The van der Waals surface area contributed by atoms with Gasteiger partial charge in [-0.15, -0.1) is 0 Å². The van der Waals surface area contributed by atoms with Crippen LogP contribution in [0.15, 0.2) is 91.0 Å². The lowest BCUT2D eigenvalue weighted by atomic mass is 9.84. The average Bonchev–Trinajstić information content (AvgIpc) is 3.96. The first-order valence-corrected chi connectivity index (χ1v) is 26.6. The van der Waals surface area contributed by atoms with E-state index < -0.39 is 11.9 Å². The Balaban J connectivity index is 0.670. The standard InChI is InChI=1S/C57H61N9O6S/c1-34-32-64(29-30-66(34)38-18-21-43-47(31-38)63(3)62-52(43)44-23-25-51(67)60-55(44)69)27-8-9-36-16-19-39(20-17-36)72-48-14-7-11-40(35(48)2)41-22-24-50(59-53(41)56(70)71)65-28-26-37-10-6-12-42(45(37)33-65)54(68)61-57-58-46-13-4-5-15-49(46)73-57/h4-7,10-15,18,21-22,24,31,34,36,39,44H,8-9,16-17,19-20,23,25-30,32-33H2,1-3H3,(H,70,71)(H,58,61,68)(H,60,67,69)/t34-,36?,39?,44?/m1/s1. The molecule has 6 heterocycles. The molecule has 1 aliphatic carbocycles. The van der Waals surface area contributed by atoms with E-state index in [1.54, 1.807) is 0 Å². The van der Waals surface area contributed by atoms with Gasteiger partial charge in [-0.05, 0) is 155 Å². The maximum Gasteiger partial charge on any atom is 0.355 e. The van der Waals surface area contributed by atoms with Crippen LogP contribution >= 0.6 is 11.3 Å². The minimum Gasteiger partial charge on any atom is -0.490 e. The molecule has 3 aliphatic heterocycles. The first kappa shape index (κ1) is 48.1. The highest BCUT2D eigenvalue weighted by Crippen LogP contribution is 2.38. The number of aromatic carboxylic acids is 1.